The maximum atomic E-state index is 15.5. The highest BCUT2D eigenvalue weighted by Gasteiger charge is 2.40. The van der Waals surface area contributed by atoms with E-state index in [2.05, 4.69) is 20.0 Å². The quantitative estimate of drug-likeness (QED) is 0.0169. The van der Waals surface area contributed by atoms with Crippen molar-refractivity contribution in [1.82, 2.24) is 0 Å². The summed E-state index contributed by atoms with van der Waals surface area (Å²) in [6, 6.07) is 28.0. The molecule has 0 radical (unpaired) electrons. The molecule has 0 bridgehead atoms. The molecular formula is C51H51Cl3F2N2O13S. The molecule has 0 saturated heterocycles. The van der Waals surface area contributed by atoms with Gasteiger partial charge in [-0.3, -0.25) is 4.18 Å². The Morgan fingerprint density at radius 1 is 0.542 bits per heavy atom. The summed E-state index contributed by atoms with van der Waals surface area (Å²) in [5, 5.41) is 6.22. The van der Waals surface area contributed by atoms with Crippen LogP contribution in [0.25, 0.3) is 0 Å². The van der Waals surface area contributed by atoms with Crippen molar-refractivity contribution in [1.29, 1.82) is 0 Å². The largest absolute Gasteiger partial charge is 0.462 e. The van der Waals surface area contributed by atoms with Gasteiger partial charge in [-0.05, 0) is 88.4 Å². The van der Waals surface area contributed by atoms with E-state index < -0.39 is 82.1 Å². The van der Waals surface area contributed by atoms with Crippen LogP contribution < -0.4 is 0 Å². The number of aryl methyl sites for hydroxylation is 4. The topological polar surface area (TPSA) is 192 Å². The van der Waals surface area contributed by atoms with Crippen LogP contribution in [0, 0.1) is 33.6 Å². The number of carbonyl (C=O) groups is 4. The molecule has 0 fully saturated rings. The fourth-order valence-corrected chi connectivity index (χ4v) is 8.15. The van der Waals surface area contributed by atoms with Crippen LogP contribution in [0.2, 0.25) is 15.1 Å². The number of carbonyl (C=O) groups excluding carboxylic acids is 4. The molecule has 0 aliphatic carbocycles. The summed E-state index contributed by atoms with van der Waals surface area (Å²) >= 11 is 18.0. The summed E-state index contributed by atoms with van der Waals surface area (Å²) in [4.78, 5) is 58.8. The van der Waals surface area contributed by atoms with Crippen LogP contribution in [0.3, 0.4) is 0 Å². The molecule has 384 valence electrons. The summed E-state index contributed by atoms with van der Waals surface area (Å²) in [7, 11) is -2.43. The van der Waals surface area contributed by atoms with Gasteiger partial charge in [0.2, 0.25) is 0 Å². The fourth-order valence-electron chi connectivity index (χ4n) is 6.10. The first-order chi connectivity index (χ1) is 34.1. The molecule has 0 amide bonds. The number of halogens is 5. The van der Waals surface area contributed by atoms with E-state index in [0.29, 0.717) is 17.3 Å². The molecular weight excluding hydrogens is 1020 g/mol. The monoisotopic (exact) mass is 1070 g/mol. The van der Waals surface area contributed by atoms with Crippen molar-refractivity contribution in [3.8, 4) is 0 Å². The van der Waals surface area contributed by atoms with Gasteiger partial charge in [-0.15, -0.1) is 0 Å². The van der Waals surface area contributed by atoms with Gasteiger partial charge in [0.1, 0.15) is 31.8 Å². The summed E-state index contributed by atoms with van der Waals surface area (Å²) < 4.78 is 83.6. The molecule has 5 aromatic rings. The van der Waals surface area contributed by atoms with E-state index in [9.17, 15) is 32.0 Å². The lowest BCUT2D eigenvalue weighted by atomic mass is 10.0. The Bertz CT molecular complexity index is 2790. The van der Waals surface area contributed by atoms with Crippen molar-refractivity contribution in [2.24, 2.45) is 16.2 Å². The molecule has 72 heavy (non-hydrogen) atoms. The fraction of sp³-hybridized carbons (Fsp3) is 0.294. The summed E-state index contributed by atoms with van der Waals surface area (Å²) in [6.07, 6.45) is -7.67. The Hall–Kier alpha value is -6.44. The molecule has 5 rings (SSSR count). The molecule has 0 aliphatic heterocycles. The lowest BCUT2D eigenvalue weighted by Crippen LogP contribution is -2.45. The van der Waals surface area contributed by atoms with Crippen LogP contribution in [-0.2, 0) is 42.9 Å². The van der Waals surface area contributed by atoms with Gasteiger partial charge < -0.3 is 28.6 Å². The standard InChI is InChI=1S/C28H25Cl3FNO8S.C23H26FNO5/c1-16-4-8-18(9-5-16)27(34)39-15-24(41-42(36,37)25-13-21(30)20(29)12-22(25)31)26(23(32)14-33-38-3)40-28(35)19-10-6-17(2)7-11-19;1-15-5-9-18(10-6-15)22(26)29-14-17(3)21(20(24)13-25-28-4)30-23(27)19-11-7-16(2)8-12-19/h4-14,23-24,26H,15H2,1-3H3;5-13,17,20-21H,14H2,1-4H3/t23-,24-,26+;17-,20+,21+/m10/s1. The molecule has 0 heterocycles. The number of alkyl halides is 2. The molecule has 0 aliphatic rings. The van der Waals surface area contributed by atoms with E-state index in [-0.39, 0.29) is 32.8 Å². The zero-order valence-electron chi connectivity index (χ0n) is 39.9. The third-order valence-corrected chi connectivity index (χ3v) is 12.7. The minimum Gasteiger partial charge on any atom is -0.462 e. The highest BCUT2D eigenvalue weighted by Crippen LogP contribution is 2.34. The van der Waals surface area contributed by atoms with Gasteiger partial charge in [-0.2, -0.15) is 8.42 Å². The third kappa shape index (κ3) is 17.7. The van der Waals surface area contributed by atoms with Gasteiger partial charge in [0.15, 0.2) is 24.6 Å². The predicted octanol–water partition coefficient (Wildman–Crippen LogP) is 10.7. The van der Waals surface area contributed by atoms with Crippen molar-refractivity contribution in [3.63, 3.8) is 0 Å². The highest BCUT2D eigenvalue weighted by atomic mass is 35.5. The minimum atomic E-state index is -4.85. The lowest BCUT2D eigenvalue weighted by molar-refractivity contribution is -0.0478. The van der Waals surface area contributed by atoms with E-state index >= 15 is 4.39 Å². The minimum absolute atomic E-state index is 0.0336. The molecule has 0 saturated carbocycles. The summed E-state index contributed by atoms with van der Waals surface area (Å²) in [6.45, 7) is 8.02. The van der Waals surface area contributed by atoms with Gasteiger partial charge in [0, 0.05) is 5.92 Å². The maximum Gasteiger partial charge on any atom is 0.338 e. The molecule has 5 aromatic carbocycles. The van der Waals surface area contributed by atoms with E-state index in [0.717, 1.165) is 47.7 Å². The zero-order chi connectivity index (χ0) is 53.1. The molecule has 15 nitrogen and oxygen atoms in total. The zero-order valence-corrected chi connectivity index (χ0v) is 43.0. The Morgan fingerprint density at radius 3 is 1.29 bits per heavy atom. The molecule has 0 unspecified atom stereocenters. The first-order valence-corrected chi connectivity index (χ1v) is 24.2. The second-order valence-electron chi connectivity index (χ2n) is 15.9. The van der Waals surface area contributed by atoms with Crippen LogP contribution in [0.15, 0.2) is 124 Å². The molecule has 21 heteroatoms. The van der Waals surface area contributed by atoms with E-state index in [1.165, 1.54) is 31.4 Å². The van der Waals surface area contributed by atoms with Crippen molar-refractivity contribution < 1.29 is 69.2 Å². The van der Waals surface area contributed by atoms with Crippen LogP contribution in [0.4, 0.5) is 8.78 Å². The smallest absolute Gasteiger partial charge is 0.338 e. The number of oxime groups is 2. The summed E-state index contributed by atoms with van der Waals surface area (Å²) in [5.41, 5.74) is 4.55. The number of nitrogens with zero attached hydrogens (tertiary/aromatic N) is 2. The van der Waals surface area contributed by atoms with Gasteiger partial charge in [-0.1, -0.05) is 123 Å². The molecule has 0 spiro atoms. The second-order valence-corrected chi connectivity index (χ2v) is 18.7. The van der Waals surface area contributed by atoms with E-state index in [4.69, 9.17) is 57.9 Å². The Balaban J connectivity index is 0.000000331. The number of hydrogen-bond acceptors (Lipinski definition) is 15. The molecule has 0 aromatic heterocycles. The van der Waals surface area contributed by atoms with Gasteiger partial charge in [0.05, 0.1) is 56.4 Å². The number of hydrogen-bond donors (Lipinski definition) is 0. The third-order valence-electron chi connectivity index (χ3n) is 10.2. The SMILES string of the molecule is CON=C[C@@H](F)[C@H](OC(=O)c1ccc(C)cc1)[C@@H](C)COC(=O)c1ccc(C)cc1.CON=C[C@@H](F)[C@H](OC(=O)c1ccc(C)cc1)[C@@H](COC(=O)c1ccc(C)cc1)OS(=O)(=O)c1cc(Cl)c(Cl)cc1Cl. The van der Waals surface area contributed by atoms with Gasteiger partial charge in [0.25, 0.3) is 10.1 Å². The van der Waals surface area contributed by atoms with Gasteiger partial charge in [-0.25, -0.2) is 28.0 Å². The average molecular weight is 1080 g/mol. The van der Waals surface area contributed by atoms with Crippen molar-refractivity contribution >= 4 is 81.2 Å². The van der Waals surface area contributed by atoms with Crippen molar-refractivity contribution in [3.05, 3.63) is 169 Å². The number of benzene rings is 5. The van der Waals surface area contributed by atoms with Crippen LogP contribution in [0.5, 0.6) is 0 Å². The average Bonchev–Trinajstić information content (AvgIpc) is 3.35. The van der Waals surface area contributed by atoms with E-state index in [1.54, 1.807) is 86.6 Å². The number of esters is 4. The molecule has 0 N–H and O–H groups in total. The summed E-state index contributed by atoms with van der Waals surface area (Å²) in [5.74, 6) is -3.74. The predicted molar refractivity (Wildman–Crippen MR) is 267 cm³/mol. The lowest BCUT2D eigenvalue weighted by Gasteiger charge is -2.27. The Labute approximate surface area is 431 Å². The number of rotatable bonds is 21. The van der Waals surface area contributed by atoms with Crippen molar-refractivity contribution in [2.75, 3.05) is 27.4 Å². The van der Waals surface area contributed by atoms with Crippen LogP contribution in [-0.4, -0.2) is 103 Å². The van der Waals surface area contributed by atoms with Crippen LogP contribution in [0.1, 0.15) is 70.6 Å². The first-order valence-electron chi connectivity index (χ1n) is 21.7. The molecule has 6 atom stereocenters. The Kier molecular flexibility index (Phi) is 22.6. The van der Waals surface area contributed by atoms with Gasteiger partial charge >= 0.3 is 23.9 Å². The van der Waals surface area contributed by atoms with Crippen LogP contribution >= 0.6 is 34.8 Å². The Morgan fingerprint density at radius 2 is 0.889 bits per heavy atom. The second kappa shape index (κ2) is 28.0. The highest BCUT2D eigenvalue weighted by molar-refractivity contribution is 7.87. The first kappa shape index (κ1) is 58.1. The maximum absolute atomic E-state index is 15.5. The van der Waals surface area contributed by atoms with Crippen molar-refractivity contribution in [2.45, 2.75) is 70.2 Å². The van der Waals surface area contributed by atoms with E-state index in [1.807, 2.05) is 20.8 Å². The number of ether oxygens (including phenoxy) is 4. The normalized spacial score (nSPS) is 13.9.